The van der Waals surface area contributed by atoms with Crippen LogP contribution in [0.1, 0.15) is 0 Å². The molecule has 0 fully saturated rings. The maximum Gasteiger partial charge on any atom is 0.647 e. The Kier molecular flexibility index (Phi) is 6.39. The fraction of sp³-hybridized carbons (Fsp3) is 0. The molecule has 0 radical (unpaired) electrons. The molecule has 41 heavy (non-hydrogen) atoms. The Labute approximate surface area is 238 Å². The molecule has 0 aliphatic rings. The van der Waals surface area contributed by atoms with Crippen molar-refractivity contribution in [3.05, 3.63) is 152 Å². The summed E-state index contributed by atoms with van der Waals surface area (Å²) in [5, 5.41) is 5.90. The van der Waals surface area contributed by atoms with Crippen LogP contribution in [0.2, 0.25) is 0 Å². The summed E-state index contributed by atoms with van der Waals surface area (Å²) < 4.78 is 32.8. The molecule has 4 nitrogen and oxygen atoms in total. The second-order valence-electron chi connectivity index (χ2n) is 9.76. The minimum absolute atomic E-state index is 0.373. The number of hydrogen-bond acceptors (Lipinski definition) is 4. The van der Waals surface area contributed by atoms with E-state index in [0.29, 0.717) is 17.2 Å². The highest BCUT2D eigenvalue weighted by atomic mass is 31.2. The summed E-state index contributed by atoms with van der Waals surface area (Å²) in [6.45, 7) is 0. The normalized spacial score (nSPS) is 11.5. The van der Waals surface area contributed by atoms with Crippen molar-refractivity contribution in [3.63, 3.8) is 0 Å². The van der Waals surface area contributed by atoms with Crippen molar-refractivity contribution in [2.45, 2.75) is 0 Å². The van der Waals surface area contributed by atoms with E-state index in [1.54, 1.807) is 24.3 Å². The van der Waals surface area contributed by atoms with Gasteiger partial charge in [0.2, 0.25) is 0 Å². The highest BCUT2D eigenvalue weighted by molar-refractivity contribution is 7.49. The minimum atomic E-state index is -4.21. The molecule has 0 bridgehead atoms. The number of rotatable bonds is 7. The lowest BCUT2D eigenvalue weighted by atomic mass is 10.0. The van der Waals surface area contributed by atoms with E-state index in [0.717, 1.165) is 32.7 Å². The van der Waals surface area contributed by atoms with Crippen LogP contribution in [0.3, 0.4) is 0 Å². The average Bonchev–Trinajstić information content (AvgIpc) is 3.01. The molecule has 0 amide bonds. The number of hydrogen-bond donors (Lipinski definition) is 0. The van der Waals surface area contributed by atoms with Gasteiger partial charge >= 0.3 is 7.82 Å². The number of phosphoric acid groups is 1. The number of fused-ring (bicyclic) bond motifs is 3. The summed E-state index contributed by atoms with van der Waals surface area (Å²) in [6, 6.07) is 48.8. The van der Waals surface area contributed by atoms with Crippen LogP contribution in [0.5, 0.6) is 17.2 Å². The van der Waals surface area contributed by atoms with Crippen molar-refractivity contribution in [1.82, 2.24) is 0 Å². The number of phosphoric ester groups is 1. The van der Waals surface area contributed by atoms with Gasteiger partial charge in [-0.05, 0) is 63.0 Å². The Hall–Kier alpha value is -5.05. The first-order chi connectivity index (χ1) is 20.1. The maximum absolute atomic E-state index is 14.4. The first-order valence-corrected chi connectivity index (χ1v) is 14.8. The van der Waals surface area contributed by atoms with E-state index in [9.17, 15) is 4.57 Å². The molecule has 0 atom stereocenters. The Bertz CT molecular complexity index is 1970. The zero-order valence-electron chi connectivity index (χ0n) is 22.0. The summed E-state index contributed by atoms with van der Waals surface area (Å²) in [6.07, 6.45) is 0. The lowest BCUT2D eigenvalue weighted by molar-refractivity contribution is 0.301. The molecule has 7 aromatic rings. The second-order valence-corrected chi connectivity index (χ2v) is 11.2. The van der Waals surface area contributed by atoms with Crippen LogP contribution in [0, 0.1) is 0 Å². The zero-order valence-corrected chi connectivity index (χ0v) is 22.9. The molecule has 0 aliphatic heterocycles. The average molecular weight is 553 g/mol. The van der Waals surface area contributed by atoms with Gasteiger partial charge in [0, 0.05) is 10.8 Å². The van der Waals surface area contributed by atoms with Crippen LogP contribution in [0.15, 0.2) is 152 Å². The molecule has 7 rings (SSSR count). The van der Waals surface area contributed by atoms with Gasteiger partial charge in [-0.15, -0.1) is 0 Å². The molecule has 7 aromatic carbocycles. The van der Waals surface area contributed by atoms with E-state index in [4.69, 9.17) is 13.6 Å². The van der Waals surface area contributed by atoms with Gasteiger partial charge < -0.3 is 13.6 Å². The molecular weight excluding hydrogens is 527 g/mol. The van der Waals surface area contributed by atoms with Crippen molar-refractivity contribution in [2.75, 3.05) is 0 Å². The van der Waals surface area contributed by atoms with E-state index >= 15 is 0 Å². The van der Waals surface area contributed by atoms with Crippen molar-refractivity contribution in [1.29, 1.82) is 0 Å². The van der Waals surface area contributed by atoms with Gasteiger partial charge in [0.05, 0.1) is 0 Å². The summed E-state index contributed by atoms with van der Waals surface area (Å²) in [7, 11) is -4.21. The molecule has 0 unspecified atom stereocenters. The standard InChI is InChI=1S/C36H25O4P/c37-41(39-35-17-7-13-28-10-3-5-15-33(28)35,40-36-18-8-14-29-11-4-6-16-34(29)36)38-32-23-21-27(22-24-32)31-20-19-26-9-1-2-12-30(26)25-31/h1-25H. The van der Waals surface area contributed by atoms with Crippen LogP contribution < -0.4 is 13.6 Å². The molecule has 0 N–H and O–H groups in total. The van der Waals surface area contributed by atoms with Crippen LogP contribution in [-0.2, 0) is 4.57 Å². The molecule has 0 saturated heterocycles. The van der Waals surface area contributed by atoms with Gasteiger partial charge in [-0.1, -0.05) is 121 Å². The molecule has 0 aromatic heterocycles. The second kappa shape index (κ2) is 10.5. The third kappa shape index (κ3) is 5.14. The third-order valence-corrected chi connectivity index (χ3v) is 8.35. The first kappa shape index (κ1) is 25.0. The van der Waals surface area contributed by atoms with Crippen molar-refractivity contribution < 1.29 is 18.1 Å². The summed E-state index contributed by atoms with van der Waals surface area (Å²) >= 11 is 0. The topological polar surface area (TPSA) is 44.8 Å². The van der Waals surface area contributed by atoms with Gasteiger partial charge in [-0.3, -0.25) is 0 Å². The molecule has 0 saturated carbocycles. The predicted octanol–water partition coefficient (Wildman–Crippen LogP) is 10.5. The van der Waals surface area contributed by atoms with Gasteiger partial charge in [0.15, 0.2) is 0 Å². The SMILES string of the molecule is O=P(Oc1ccc(-c2ccc3ccccc3c2)cc1)(Oc1cccc2ccccc12)Oc1cccc2ccccc12. The Morgan fingerprint density at radius 1 is 0.390 bits per heavy atom. The van der Waals surface area contributed by atoms with E-state index in [2.05, 4.69) is 30.3 Å². The molecule has 198 valence electrons. The zero-order chi connectivity index (χ0) is 27.6. The summed E-state index contributed by atoms with van der Waals surface area (Å²) in [4.78, 5) is 0. The highest BCUT2D eigenvalue weighted by Crippen LogP contribution is 2.52. The lowest BCUT2D eigenvalue weighted by Gasteiger charge is -2.21. The predicted molar refractivity (Wildman–Crippen MR) is 167 cm³/mol. The molecule has 0 heterocycles. The molecular formula is C36H25O4P. The molecule has 5 heteroatoms. The summed E-state index contributed by atoms with van der Waals surface area (Å²) in [5.74, 6) is 1.21. The monoisotopic (exact) mass is 552 g/mol. The Morgan fingerprint density at radius 2 is 0.878 bits per heavy atom. The fourth-order valence-corrected chi connectivity index (χ4v) is 6.35. The van der Waals surface area contributed by atoms with Crippen LogP contribution in [0.25, 0.3) is 43.4 Å². The Morgan fingerprint density at radius 3 is 1.49 bits per heavy atom. The highest BCUT2D eigenvalue weighted by Gasteiger charge is 2.34. The van der Waals surface area contributed by atoms with Crippen molar-refractivity contribution in [2.24, 2.45) is 0 Å². The smallest absolute Gasteiger partial charge is 0.386 e. The number of benzene rings is 7. The quantitative estimate of drug-likeness (QED) is 0.185. The summed E-state index contributed by atoms with van der Waals surface area (Å²) in [5.41, 5.74) is 2.10. The van der Waals surface area contributed by atoms with E-state index in [1.165, 1.54) is 10.8 Å². The molecule has 0 spiro atoms. The van der Waals surface area contributed by atoms with Crippen LogP contribution >= 0.6 is 7.82 Å². The van der Waals surface area contributed by atoms with Crippen LogP contribution in [-0.4, -0.2) is 0 Å². The van der Waals surface area contributed by atoms with Gasteiger partial charge in [0.25, 0.3) is 0 Å². The van der Waals surface area contributed by atoms with Crippen molar-refractivity contribution >= 4 is 40.1 Å². The third-order valence-electron chi connectivity index (χ3n) is 7.07. The Balaban J connectivity index is 1.24. The largest absolute Gasteiger partial charge is 0.647 e. The lowest BCUT2D eigenvalue weighted by Crippen LogP contribution is -2.08. The van der Waals surface area contributed by atoms with E-state index < -0.39 is 7.82 Å². The van der Waals surface area contributed by atoms with E-state index in [-0.39, 0.29) is 0 Å². The van der Waals surface area contributed by atoms with Gasteiger partial charge in [-0.25, -0.2) is 0 Å². The van der Waals surface area contributed by atoms with E-state index in [1.807, 2.05) is 97.1 Å². The van der Waals surface area contributed by atoms with Gasteiger partial charge in [0.1, 0.15) is 17.2 Å². The van der Waals surface area contributed by atoms with Crippen LogP contribution in [0.4, 0.5) is 0 Å². The van der Waals surface area contributed by atoms with Gasteiger partial charge in [-0.2, -0.15) is 4.57 Å². The fourth-order valence-electron chi connectivity index (χ4n) is 5.05. The molecule has 0 aliphatic carbocycles. The van der Waals surface area contributed by atoms with Crippen molar-refractivity contribution in [3.8, 4) is 28.4 Å². The minimum Gasteiger partial charge on any atom is -0.386 e. The first-order valence-electron chi connectivity index (χ1n) is 13.4. The maximum atomic E-state index is 14.4.